The highest BCUT2D eigenvalue weighted by Crippen LogP contribution is 2.33. The maximum atomic E-state index is 12.5. The summed E-state index contributed by atoms with van der Waals surface area (Å²) in [5.41, 5.74) is 2.82. The van der Waals surface area contributed by atoms with Gasteiger partial charge in [-0.05, 0) is 48.2 Å². The average Bonchev–Trinajstić information content (AvgIpc) is 2.98. The Morgan fingerprint density at radius 2 is 1.72 bits per heavy atom. The Morgan fingerprint density at radius 1 is 1.04 bits per heavy atom. The van der Waals surface area contributed by atoms with Gasteiger partial charge >= 0.3 is 0 Å². The second-order valence-corrected chi connectivity index (χ2v) is 9.62. The van der Waals surface area contributed by atoms with Crippen molar-refractivity contribution >= 4 is 31.4 Å². The number of sulfonamides is 2. The largest absolute Gasteiger partial charge is 0.280 e. The number of fused-ring (bicyclic) bond motifs is 1. The molecule has 0 aromatic heterocycles. The van der Waals surface area contributed by atoms with Crippen LogP contribution in [0.2, 0.25) is 0 Å². The number of hydrogen-bond donors (Lipinski definition) is 1. The van der Waals surface area contributed by atoms with E-state index in [0.717, 1.165) is 23.8 Å². The van der Waals surface area contributed by atoms with E-state index >= 15 is 0 Å². The van der Waals surface area contributed by atoms with Gasteiger partial charge in [0.05, 0.1) is 22.5 Å². The van der Waals surface area contributed by atoms with Gasteiger partial charge in [-0.1, -0.05) is 25.1 Å². The molecule has 0 saturated carbocycles. The van der Waals surface area contributed by atoms with Crippen molar-refractivity contribution in [1.82, 2.24) is 0 Å². The van der Waals surface area contributed by atoms with Gasteiger partial charge in [0.1, 0.15) is 0 Å². The first-order valence-corrected chi connectivity index (χ1v) is 11.3. The third-order valence-corrected chi connectivity index (χ3v) is 6.81. The van der Waals surface area contributed by atoms with Gasteiger partial charge in [0, 0.05) is 6.54 Å². The zero-order valence-corrected chi connectivity index (χ0v) is 15.7. The molecule has 0 unspecified atom stereocenters. The smallest absolute Gasteiger partial charge is 0.261 e. The summed E-state index contributed by atoms with van der Waals surface area (Å²) < 4.78 is 52.6. The molecule has 1 aliphatic heterocycles. The Balaban J connectivity index is 1.90. The van der Waals surface area contributed by atoms with E-state index in [0.29, 0.717) is 24.3 Å². The highest BCUT2D eigenvalue weighted by Gasteiger charge is 2.26. The minimum Gasteiger partial charge on any atom is -0.280 e. The van der Waals surface area contributed by atoms with Gasteiger partial charge in [-0.15, -0.1) is 0 Å². The zero-order valence-electron chi connectivity index (χ0n) is 14.1. The van der Waals surface area contributed by atoms with Crippen LogP contribution in [0, 0.1) is 0 Å². The Morgan fingerprint density at radius 3 is 2.32 bits per heavy atom. The fourth-order valence-corrected chi connectivity index (χ4v) is 4.88. The summed E-state index contributed by atoms with van der Waals surface area (Å²) in [6.45, 7) is 2.38. The molecule has 0 fully saturated rings. The van der Waals surface area contributed by atoms with Crippen LogP contribution in [0.3, 0.4) is 0 Å². The van der Waals surface area contributed by atoms with Crippen LogP contribution in [0.15, 0.2) is 47.4 Å². The van der Waals surface area contributed by atoms with Crippen LogP contribution in [0.25, 0.3) is 0 Å². The molecular weight excluding hydrogens is 360 g/mol. The minimum atomic E-state index is -3.73. The van der Waals surface area contributed by atoms with E-state index in [2.05, 4.69) is 4.72 Å². The van der Waals surface area contributed by atoms with Gasteiger partial charge in [0.25, 0.3) is 10.0 Å². The maximum absolute atomic E-state index is 12.5. The number of nitrogens with one attached hydrogen (secondary N) is 1. The number of benzene rings is 2. The van der Waals surface area contributed by atoms with Gasteiger partial charge in [-0.25, -0.2) is 16.8 Å². The predicted molar refractivity (Wildman–Crippen MR) is 99.0 cm³/mol. The quantitative estimate of drug-likeness (QED) is 0.863. The topological polar surface area (TPSA) is 83.6 Å². The van der Waals surface area contributed by atoms with E-state index in [-0.39, 0.29) is 4.90 Å². The Hall–Kier alpha value is -2.06. The molecule has 0 aliphatic carbocycles. The summed E-state index contributed by atoms with van der Waals surface area (Å²) in [6.07, 6.45) is 2.60. The summed E-state index contributed by atoms with van der Waals surface area (Å²) in [5.74, 6) is 0. The maximum Gasteiger partial charge on any atom is 0.261 e. The van der Waals surface area contributed by atoms with Crippen LogP contribution < -0.4 is 9.03 Å². The molecule has 3 rings (SSSR count). The van der Waals surface area contributed by atoms with Crippen molar-refractivity contribution in [2.24, 2.45) is 0 Å². The second kappa shape index (κ2) is 6.34. The van der Waals surface area contributed by atoms with Crippen molar-refractivity contribution < 1.29 is 16.8 Å². The summed E-state index contributed by atoms with van der Waals surface area (Å²) >= 11 is 0. The lowest BCUT2D eigenvalue weighted by molar-refractivity contribution is 0.597. The first kappa shape index (κ1) is 17.8. The highest BCUT2D eigenvalue weighted by molar-refractivity contribution is 7.92. The van der Waals surface area contributed by atoms with Crippen LogP contribution in [0.1, 0.15) is 18.1 Å². The average molecular weight is 380 g/mol. The van der Waals surface area contributed by atoms with Crippen molar-refractivity contribution in [3.8, 4) is 0 Å². The SMILES string of the molecule is CCc1ccc(S(=O)(=O)Nc2ccc3c(c2)N(S(C)(=O)=O)CC3)cc1. The molecule has 25 heavy (non-hydrogen) atoms. The molecule has 1 N–H and O–H groups in total. The van der Waals surface area contributed by atoms with E-state index in [9.17, 15) is 16.8 Å². The summed E-state index contributed by atoms with van der Waals surface area (Å²) in [5, 5.41) is 0. The van der Waals surface area contributed by atoms with Crippen LogP contribution in [0.5, 0.6) is 0 Å². The molecule has 0 bridgehead atoms. The molecule has 6 nitrogen and oxygen atoms in total. The van der Waals surface area contributed by atoms with E-state index in [1.165, 1.54) is 4.31 Å². The monoisotopic (exact) mass is 380 g/mol. The molecule has 2 aromatic carbocycles. The number of rotatable bonds is 5. The lowest BCUT2D eigenvalue weighted by Gasteiger charge is -2.17. The molecule has 8 heteroatoms. The van der Waals surface area contributed by atoms with E-state index in [1.54, 1.807) is 42.5 Å². The third-order valence-electron chi connectivity index (χ3n) is 4.23. The van der Waals surface area contributed by atoms with Gasteiger partial charge in [-0.3, -0.25) is 9.03 Å². The van der Waals surface area contributed by atoms with E-state index < -0.39 is 20.0 Å². The predicted octanol–water partition coefficient (Wildman–Crippen LogP) is 2.37. The van der Waals surface area contributed by atoms with Crippen molar-refractivity contribution in [2.45, 2.75) is 24.7 Å². The molecule has 0 radical (unpaired) electrons. The molecule has 2 aromatic rings. The number of hydrogen-bond acceptors (Lipinski definition) is 4. The van der Waals surface area contributed by atoms with E-state index in [4.69, 9.17) is 0 Å². The van der Waals surface area contributed by atoms with Crippen LogP contribution in [-0.4, -0.2) is 29.6 Å². The number of anilines is 2. The summed E-state index contributed by atoms with van der Waals surface area (Å²) in [4.78, 5) is 0.171. The third kappa shape index (κ3) is 3.64. The molecular formula is C17H20N2O4S2. The Kier molecular flexibility index (Phi) is 4.51. The molecule has 134 valence electrons. The fraction of sp³-hybridized carbons (Fsp3) is 0.294. The van der Waals surface area contributed by atoms with Crippen LogP contribution in [0.4, 0.5) is 11.4 Å². The molecule has 0 atom stereocenters. The van der Waals surface area contributed by atoms with E-state index in [1.807, 2.05) is 6.92 Å². The molecule has 0 saturated heterocycles. The lowest BCUT2D eigenvalue weighted by atomic mass is 10.1. The van der Waals surface area contributed by atoms with Crippen LogP contribution in [-0.2, 0) is 32.9 Å². The number of nitrogens with zero attached hydrogens (tertiary/aromatic N) is 1. The van der Waals surface area contributed by atoms with Crippen molar-refractivity contribution in [3.63, 3.8) is 0 Å². The Labute approximate surface area is 148 Å². The Bertz CT molecular complexity index is 997. The normalized spacial score (nSPS) is 14.4. The van der Waals surface area contributed by atoms with Crippen molar-refractivity contribution in [1.29, 1.82) is 0 Å². The van der Waals surface area contributed by atoms with Gasteiger partial charge in [0.2, 0.25) is 10.0 Å². The molecule has 0 amide bonds. The zero-order chi connectivity index (χ0) is 18.2. The first-order valence-electron chi connectivity index (χ1n) is 7.93. The summed E-state index contributed by atoms with van der Waals surface area (Å²) in [7, 11) is -7.11. The standard InChI is InChI=1S/C17H20N2O4S2/c1-3-13-4-8-16(9-5-13)25(22,23)18-15-7-6-14-10-11-19(17(14)12-15)24(2,20)21/h4-9,12,18H,3,10-11H2,1-2H3. The van der Waals surface area contributed by atoms with Gasteiger partial charge in [-0.2, -0.15) is 0 Å². The van der Waals surface area contributed by atoms with Crippen molar-refractivity contribution in [2.75, 3.05) is 21.8 Å². The molecule has 0 spiro atoms. The lowest BCUT2D eigenvalue weighted by Crippen LogP contribution is -2.27. The highest BCUT2D eigenvalue weighted by atomic mass is 32.2. The minimum absolute atomic E-state index is 0.171. The van der Waals surface area contributed by atoms with Gasteiger partial charge in [0.15, 0.2) is 0 Å². The van der Waals surface area contributed by atoms with Crippen molar-refractivity contribution in [3.05, 3.63) is 53.6 Å². The molecule has 1 aliphatic rings. The summed E-state index contributed by atoms with van der Waals surface area (Å²) in [6, 6.07) is 11.7. The van der Waals surface area contributed by atoms with Crippen LogP contribution >= 0.6 is 0 Å². The fourth-order valence-electron chi connectivity index (χ4n) is 2.88. The second-order valence-electron chi connectivity index (χ2n) is 6.03. The first-order chi connectivity index (χ1) is 11.7. The molecule has 1 heterocycles. The number of aryl methyl sites for hydroxylation is 1. The van der Waals surface area contributed by atoms with Gasteiger partial charge < -0.3 is 0 Å².